The maximum atomic E-state index is 14.4. The summed E-state index contributed by atoms with van der Waals surface area (Å²) in [5.41, 5.74) is 14.6. The number of rotatable bonds is 4. The second-order valence-electron chi connectivity index (χ2n) is 7.90. The van der Waals surface area contributed by atoms with Crippen LogP contribution in [0.25, 0.3) is 21.6 Å². The summed E-state index contributed by atoms with van der Waals surface area (Å²) in [6.07, 6.45) is 5.00. The quantitative estimate of drug-likeness (QED) is 0.573. The molecule has 1 unspecified atom stereocenters. The van der Waals surface area contributed by atoms with Gasteiger partial charge >= 0.3 is 0 Å². The fourth-order valence-electron chi connectivity index (χ4n) is 3.91. The molecule has 1 fully saturated rings. The van der Waals surface area contributed by atoms with Gasteiger partial charge in [0.1, 0.15) is 17.7 Å². The Hall–Kier alpha value is -3.61. The Morgan fingerprint density at radius 2 is 2.18 bits per heavy atom. The molecule has 1 aliphatic heterocycles. The van der Waals surface area contributed by atoms with Crippen molar-refractivity contribution >= 4 is 29.3 Å². The molecule has 0 radical (unpaired) electrons. The minimum absolute atomic E-state index is 0.0357. The zero-order chi connectivity index (χ0) is 23.5. The van der Waals surface area contributed by atoms with Gasteiger partial charge in [-0.1, -0.05) is 6.07 Å². The van der Waals surface area contributed by atoms with Crippen LogP contribution >= 0.6 is 11.3 Å². The normalized spacial score (nSPS) is 16.2. The molecule has 4 rings (SSSR count). The third kappa shape index (κ3) is 4.62. The number of aliphatic imine (C=N–C) groups is 1. The Morgan fingerprint density at radius 1 is 1.36 bits per heavy atom. The zero-order valence-electron chi connectivity index (χ0n) is 18.1. The lowest BCUT2D eigenvalue weighted by atomic mass is 10.0. The van der Waals surface area contributed by atoms with Crippen LogP contribution in [0.4, 0.5) is 10.2 Å². The first-order chi connectivity index (χ1) is 15.9. The third-order valence-corrected chi connectivity index (χ3v) is 6.74. The predicted octanol–water partition coefficient (Wildman–Crippen LogP) is 3.68. The monoisotopic (exact) mass is 462 g/mol. The molecule has 1 aromatic carbocycles. The van der Waals surface area contributed by atoms with Gasteiger partial charge in [-0.2, -0.15) is 5.26 Å². The number of thiophene rings is 1. The van der Waals surface area contributed by atoms with Crippen LogP contribution in [0.3, 0.4) is 0 Å². The number of anilines is 1. The summed E-state index contributed by atoms with van der Waals surface area (Å²) < 4.78 is 14.4. The maximum absolute atomic E-state index is 14.4. The molecule has 9 heteroatoms. The van der Waals surface area contributed by atoms with Gasteiger partial charge in [-0.25, -0.2) is 9.37 Å². The summed E-state index contributed by atoms with van der Waals surface area (Å²) in [4.78, 5) is 24.6. The van der Waals surface area contributed by atoms with Crippen LogP contribution in [0.5, 0.6) is 0 Å². The minimum atomic E-state index is -0.615. The molecule has 0 aliphatic carbocycles. The Kier molecular flexibility index (Phi) is 6.49. The lowest BCUT2D eigenvalue weighted by Gasteiger charge is -2.30. The molecule has 33 heavy (non-hydrogen) atoms. The lowest BCUT2D eigenvalue weighted by Crippen LogP contribution is -2.45. The molecular weight excluding hydrogens is 439 g/mol. The molecule has 7 nitrogen and oxygen atoms in total. The van der Waals surface area contributed by atoms with E-state index >= 15 is 0 Å². The number of carbonyl (C=O) groups is 1. The van der Waals surface area contributed by atoms with Gasteiger partial charge in [-0.15, -0.1) is 11.3 Å². The maximum Gasteiger partial charge on any atom is 0.264 e. The summed E-state index contributed by atoms with van der Waals surface area (Å²) in [6.45, 7) is 1.16. The first-order valence-electron chi connectivity index (χ1n) is 10.5. The number of nitrogens with zero attached hydrogens (tertiary/aromatic N) is 4. The van der Waals surface area contributed by atoms with E-state index in [1.165, 1.54) is 23.5 Å². The highest BCUT2D eigenvalue weighted by molar-refractivity contribution is 7.18. The molecule has 3 aromatic rings. The predicted molar refractivity (Wildman–Crippen MR) is 129 cm³/mol. The van der Waals surface area contributed by atoms with Gasteiger partial charge in [0.2, 0.25) is 0 Å². The van der Waals surface area contributed by atoms with Crippen molar-refractivity contribution in [1.82, 2.24) is 9.88 Å². The van der Waals surface area contributed by atoms with E-state index in [1.807, 2.05) is 12.1 Å². The van der Waals surface area contributed by atoms with Gasteiger partial charge in [0.05, 0.1) is 10.4 Å². The lowest BCUT2D eigenvalue weighted by molar-refractivity contribution is 0.0714. The van der Waals surface area contributed by atoms with Crippen LogP contribution < -0.4 is 11.5 Å². The van der Waals surface area contributed by atoms with Crippen molar-refractivity contribution in [3.63, 3.8) is 0 Å². The standard InChI is InChI=1S/C24H23FN6OS/c1-29-11-17-7-16(12-30-23(17)28)22-19(14-4-5-15(10-26)20(25)8-14)9-21(33-22)24(32)31-6-2-3-18(27)13-31/h4-5,7-9,11-12,18H,2-3,6,13,27H2,1H3,(H2,28,30). The Labute approximate surface area is 195 Å². The zero-order valence-corrected chi connectivity index (χ0v) is 18.9. The molecule has 0 saturated carbocycles. The van der Waals surface area contributed by atoms with Crippen LogP contribution in [-0.2, 0) is 0 Å². The summed E-state index contributed by atoms with van der Waals surface area (Å²) in [6, 6.07) is 9.84. The first-order valence-corrected chi connectivity index (χ1v) is 11.3. The molecule has 4 N–H and O–H groups in total. The molecule has 1 amide bonds. The number of nitrogens with two attached hydrogens (primary N) is 2. The fraction of sp³-hybridized carbons (Fsp3) is 0.250. The van der Waals surface area contributed by atoms with E-state index in [0.717, 1.165) is 23.3 Å². The Morgan fingerprint density at radius 3 is 2.88 bits per heavy atom. The summed E-state index contributed by atoms with van der Waals surface area (Å²) in [5, 5.41) is 9.08. The first kappa shape index (κ1) is 22.6. The number of nitrogen functional groups attached to an aromatic ring is 1. The second kappa shape index (κ2) is 9.48. The molecule has 2 aromatic heterocycles. The number of benzene rings is 1. The van der Waals surface area contributed by atoms with Crippen LogP contribution in [0.2, 0.25) is 0 Å². The van der Waals surface area contributed by atoms with E-state index in [2.05, 4.69) is 9.98 Å². The summed E-state index contributed by atoms with van der Waals surface area (Å²) >= 11 is 1.31. The van der Waals surface area contributed by atoms with E-state index in [1.54, 1.807) is 36.5 Å². The van der Waals surface area contributed by atoms with Gasteiger partial charge < -0.3 is 16.4 Å². The van der Waals surface area contributed by atoms with E-state index in [0.29, 0.717) is 40.5 Å². The van der Waals surface area contributed by atoms with Gasteiger partial charge in [-0.05, 0) is 42.7 Å². The number of aromatic nitrogens is 1. The van der Waals surface area contributed by atoms with Crippen molar-refractivity contribution in [1.29, 1.82) is 5.26 Å². The van der Waals surface area contributed by atoms with Gasteiger partial charge in [0, 0.05) is 60.2 Å². The third-order valence-electron chi connectivity index (χ3n) is 5.57. The highest BCUT2D eigenvalue weighted by Crippen LogP contribution is 2.40. The van der Waals surface area contributed by atoms with E-state index < -0.39 is 5.82 Å². The highest BCUT2D eigenvalue weighted by Gasteiger charge is 2.26. The summed E-state index contributed by atoms with van der Waals surface area (Å²) in [5.74, 6) is -0.378. The molecule has 0 spiro atoms. The Balaban J connectivity index is 1.84. The minimum Gasteiger partial charge on any atom is -0.383 e. The van der Waals surface area contributed by atoms with Crippen LogP contribution in [-0.4, -0.2) is 48.2 Å². The van der Waals surface area contributed by atoms with Crippen molar-refractivity contribution in [2.45, 2.75) is 18.9 Å². The number of piperidine rings is 1. The fourth-order valence-corrected chi connectivity index (χ4v) is 5.04. The van der Waals surface area contributed by atoms with Crippen molar-refractivity contribution in [3.8, 4) is 27.6 Å². The molecule has 0 bridgehead atoms. The molecule has 168 valence electrons. The molecule has 1 saturated heterocycles. The SMILES string of the molecule is CN=Cc1cc(-c2sc(C(=O)N3CCCC(N)C3)cc2-c2ccc(C#N)c(F)c2)cnc1N. The number of hydrogen-bond acceptors (Lipinski definition) is 7. The number of halogens is 1. The van der Waals surface area contributed by atoms with Gasteiger partial charge in [-0.3, -0.25) is 9.79 Å². The van der Waals surface area contributed by atoms with Gasteiger partial charge in [0.25, 0.3) is 5.91 Å². The smallest absolute Gasteiger partial charge is 0.264 e. The number of hydrogen-bond donors (Lipinski definition) is 2. The number of pyridine rings is 1. The van der Waals surface area contributed by atoms with Crippen LogP contribution in [0.1, 0.15) is 33.6 Å². The van der Waals surface area contributed by atoms with E-state index in [4.69, 9.17) is 16.7 Å². The molecule has 3 heterocycles. The molecule has 1 atom stereocenters. The van der Waals surface area contributed by atoms with Crippen LogP contribution in [0.15, 0.2) is 41.5 Å². The largest absolute Gasteiger partial charge is 0.383 e. The average Bonchev–Trinajstić information content (AvgIpc) is 3.25. The Bertz CT molecular complexity index is 1280. The van der Waals surface area contributed by atoms with E-state index in [9.17, 15) is 9.18 Å². The number of nitriles is 1. The van der Waals surface area contributed by atoms with Crippen LogP contribution in [0, 0.1) is 17.1 Å². The summed E-state index contributed by atoms with van der Waals surface area (Å²) in [7, 11) is 1.64. The van der Waals surface area contributed by atoms with E-state index in [-0.39, 0.29) is 17.5 Å². The van der Waals surface area contributed by atoms with Gasteiger partial charge in [0.15, 0.2) is 0 Å². The topological polar surface area (TPSA) is 121 Å². The van der Waals surface area contributed by atoms with Crippen molar-refractivity contribution in [2.24, 2.45) is 10.7 Å². The molecule has 1 aliphatic rings. The number of amides is 1. The average molecular weight is 463 g/mol. The number of carbonyl (C=O) groups excluding carboxylic acids is 1. The van der Waals surface area contributed by atoms with Crippen molar-refractivity contribution in [3.05, 3.63) is 58.3 Å². The number of likely N-dealkylation sites (tertiary alicyclic amines) is 1. The molecular formula is C24H23FN6OS. The van der Waals surface area contributed by atoms with Crippen molar-refractivity contribution in [2.75, 3.05) is 25.9 Å². The second-order valence-corrected chi connectivity index (χ2v) is 8.95. The highest BCUT2D eigenvalue weighted by atomic mass is 32.1. The van der Waals surface area contributed by atoms with Crippen molar-refractivity contribution < 1.29 is 9.18 Å².